The molecule has 3 aromatic carbocycles. The molecule has 1 unspecified atom stereocenters. The lowest BCUT2D eigenvalue weighted by Gasteiger charge is -2.40. The van der Waals surface area contributed by atoms with Crippen LogP contribution in [0.3, 0.4) is 0 Å². The molecule has 0 aliphatic carbocycles. The van der Waals surface area contributed by atoms with Crippen molar-refractivity contribution in [3.8, 4) is 22.5 Å². The molecule has 0 spiro atoms. The molecule has 3 N–H and O–H groups in total. The second kappa shape index (κ2) is 13.0. The lowest BCUT2D eigenvalue weighted by atomic mass is 9.88. The number of carbonyl (C=O) groups excluding carboxylic acids is 1. The third-order valence-corrected chi connectivity index (χ3v) is 12.4. The number of piperidine rings is 1. The zero-order valence-corrected chi connectivity index (χ0v) is 30.2. The number of hydrogen-bond donors (Lipinski definition) is 3. The van der Waals surface area contributed by atoms with Gasteiger partial charge in [0.15, 0.2) is 5.82 Å². The van der Waals surface area contributed by atoms with Gasteiger partial charge in [-0.25, -0.2) is 14.7 Å². The molecule has 0 radical (unpaired) electrons. The van der Waals surface area contributed by atoms with Gasteiger partial charge in [-0.15, -0.1) is 0 Å². The highest BCUT2D eigenvalue weighted by Crippen LogP contribution is 2.50. The van der Waals surface area contributed by atoms with E-state index in [9.17, 15) is 13.2 Å². The lowest BCUT2D eigenvalue weighted by Crippen LogP contribution is -2.54. The van der Waals surface area contributed by atoms with Gasteiger partial charge in [-0.2, -0.15) is 12.7 Å². The summed E-state index contributed by atoms with van der Waals surface area (Å²) in [6, 6.07) is 24.8. The predicted molar refractivity (Wildman–Crippen MR) is 204 cm³/mol. The normalized spacial score (nSPS) is 18.7. The number of rotatable bonds is 6. The number of benzene rings is 3. The Morgan fingerprint density at radius 1 is 0.904 bits per heavy atom. The maximum Gasteiger partial charge on any atom is 0.279 e. The van der Waals surface area contributed by atoms with Crippen LogP contribution < -0.4 is 14.9 Å². The minimum absolute atomic E-state index is 0.0865. The number of nitrogens with one attached hydrogen (secondary N) is 3. The lowest BCUT2D eigenvalue weighted by molar-refractivity contribution is 0.102. The quantitative estimate of drug-likeness (QED) is 0.166. The molecule has 11 nitrogen and oxygen atoms in total. The van der Waals surface area contributed by atoms with Gasteiger partial charge in [0.2, 0.25) is 0 Å². The van der Waals surface area contributed by atoms with Gasteiger partial charge < -0.3 is 19.8 Å². The number of hydrogen-bond acceptors (Lipinski definition) is 6. The molecule has 1 atom stereocenters. The minimum Gasteiger partial charge on any atom is -0.355 e. The number of amides is 1. The average molecular weight is 754 g/mol. The highest BCUT2D eigenvalue weighted by atomic mass is 35.5. The Balaban J connectivity index is 1.11. The van der Waals surface area contributed by atoms with E-state index in [4.69, 9.17) is 28.2 Å². The highest BCUT2D eigenvalue weighted by molar-refractivity contribution is 7.87. The van der Waals surface area contributed by atoms with E-state index in [-0.39, 0.29) is 18.0 Å². The first-order valence-electron chi connectivity index (χ1n) is 17.3. The first-order valence-corrected chi connectivity index (χ1v) is 19.5. The summed E-state index contributed by atoms with van der Waals surface area (Å²) in [6.45, 7) is 2.19. The monoisotopic (exact) mass is 752 g/mol. The molecule has 2 saturated heterocycles. The Kier molecular flexibility index (Phi) is 8.31. The van der Waals surface area contributed by atoms with Crippen LogP contribution in [-0.2, 0) is 10.2 Å². The highest BCUT2D eigenvalue weighted by Gasteiger charge is 2.37. The second-order valence-corrected chi connectivity index (χ2v) is 16.0. The van der Waals surface area contributed by atoms with E-state index < -0.39 is 10.2 Å². The number of imidazole rings is 1. The number of aromatic nitrogens is 4. The second-order valence-electron chi connectivity index (χ2n) is 13.4. The van der Waals surface area contributed by atoms with Crippen LogP contribution in [0.4, 0.5) is 11.5 Å². The molecule has 1 amide bonds. The standard InChI is InChI=1S/C38H34Cl2N8O3S/c39-25-11-9-24(10-12-25)35-28-20-26(40)21-30-31(28)32(36-33(42-22-47(35)36)23-6-2-1-3-7-23)34(44-30)38(49)45-29-8-4-15-41-37(29)46-18-13-27(14-19-46)48-17-5-16-43-52(48,50)51/h1-4,6-12,15,20-22,27,35,43-44H,5,13-14,16-19H2,(H,45,49). The van der Waals surface area contributed by atoms with Gasteiger partial charge in [0.1, 0.15) is 5.69 Å². The van der Waals surface area contributed by atoms with Crippen molar-refractivity contribution < 1.29 is 13.2 Å². The van der Waals surface area contributed by atoms with Crippen molar-refractivity contribution in [1.82, 2.24) is 28.5 Å². The van der Waals surface area contributed by atoms with Crippen LogP contribution in [0, 0.1) is 0 Å². The molecule has 264 valence electrons. The first kappa shape index (κ1) is 33.1. The first-order chi connectivity index (χ1) is 25.3. The fraction of sp³-hybridized carbons (Fsp3) is 0.237. The van der Waals surface area contributed by atoms with E-state index in [2.05, 4.69) is 29.5 Å². The fourth-order valence-electron chi connectivity index (χ4n) is 8.01. The summed E-state index contributed by atoms with van der Waals surface area (Å²) in [5.74, 6) is 0.305. The predicted octanol–water partition coefficient (Wildman–Crippen LogP) is 7.11. The van der Waals surface area contributed by atoms with Gasteiger partial charge in [-0.3, -0.25) is 4.79 Å². The van der Waals surface area contributed by atoms with E-state index >= 15 is 0 Å². The Hall–Kier alpha value is -4.72. The van der Waals surface area contributed by atoms with Gasteiger partial charge in [0.05, 0.1) is 29.4 Å². The molecule has 6 heterocycles. The van der Waals surface area contributed by atoms with Gasteiger partial charge in [-0.05, 0) is 66.8 Å². The Morgan fingerprint density at radius 3 is 2.46 bits per heavy atom. The van der Waals surface area contributed by atoms with Gasteiger partial charge in [0, 0.05) is 70.5 Å². The molecule has 3 aliphatic rings. The van der Waals surface area contributed by atoms with Crippen molar-refractivity contribution in [2.75, 3.05) is 36.4 Å². The van der Waals surface area contributed by atoms with E-state index in [0.29, 0.717) is 66.3 Å². The molecule has 14 heteroatoms. The van der Waals surface area contributed by atoms with Crippen molar-refractivity contribution in [2.45, 2.75) is 31.3 Å². The Morgan fingerprint density at radius 2 is 1.69 bits per heavy atom. The molecule has 3 aliphatic heterocycles. The molecule has 0 bridgehead atoms. The Bertz CT molecular complexity index is 2440. The largest absolute Gasteiger partial charge is 0.355 e. The van der Waals surface area contributed by atoms with Crippen molar-refractivity contribution in [1.29, 1.82) is 0 Å². The van der Waals surface area contributed by atoms with Gasteiger partial charge in [-0.1, -0.05) is 65.7 Å². The third-order valence-electron chi connectivity index (χ3n) is 10.3. The summed E-state index contributed by atoms with van der Waals surface area (Å²) < 4.78 is 31.7. The molecule has 0 saturated carbocycles. The summed E-state index contributed by atoms with van der Waals surface area (Å²) in [5, 5.41) is 5.25. The van der Waals surface area contributed by atoms with Crippen molar-refractivity contribution in [3.05, 3.63) is 118 Å². The number of fused-ring (bicyclic) bond motifs is 2. The zero-order chi connectivity index (χ0) is 35.6. The SMILES string of the molecule is O=C(Nc1cccnc1N1CCC(N2CCCNS2(=O)=O)CC1)c1[nH]c2cc(Cl)cc3c2c1-c1c(-c2ccccc2)ncn1C3c1ccc(Cl)cc1. The maximum absolute atomic E-state index is 14.6. The number of carbonyl (C=O) groups is 1. The number of H-pyrrole nitrogens is 1. The van der Waals surface area contributed by atoms with Crippen LogP contribution >= 0.6 is 23.2 Å². The van der Waals surface area contributed by atoms with E-state index in [1.54, 1.807) is 16.6 Å². The van der Waals surface area contributed by atoms with Crippen LogP contribution in [0.2, 0.25) is 10.0 Å². The third kappa shape index (κ3) is 5.66. The smallest absolute Gasteiger partial charge is 0.279 e. The van der Waals surface area contributed by atoms with Gasteiger partial charge >= 0.3 is 0 Å². The summed E-state index contributed by atoms with van der Waals surface area (Å²) in [4.78, 5) is 29.7. The average Bonchev–Trinajstić information content (AvgIpc) is 3.76. The zero-order valence-electron chi connectivity index (χ0n) is 27.9. The van der Waals surface area contributed by atoms with Crippen molar-refractivity contribution >= 4 is 61.7 Å². The maximum atomic E-state index is 14.6. The number of aromatic amines is 1. The molecule has 9 rings (SSSR count). The Labute approximate surface area is 310 Å². The molecule has 3 aromatic heterocycles. The summed E-state index contributed by atoms with van der Waals surface area (Å²) in [7, 11) is -3.47. The summed E-state index contributed by atoms with van der Waals surface area (Å²) in [5.41, 5.74) is 6.86. The molecule has 2 fully saturated rings. The summed E-state index contributed by atoms with van der Waals surface area (Å²) in [6.07, 6.45) is 5.63. The van der Waals surface area contributed by atoms with Crippen LogP contribution in [0.15, 0.2) is 91.4 Å². The molecular weight excluding hydrogens is 719 g/mol. The van der Waals surface area contributed by atoms with Crippen LogP contribution in [0.1, 0.15) is 46.9 Å². The van der Waals surface area contributed by atoms with Crippen molar-refractivity contribution in [3.63, 3.8) is 0 Å². The van der Waals surface area contributed by atoms with Crippen LogP contribution in [0.25, 0.3) is 33.4 Å². The van der Waals surface area contributed by atoms with Gasteiger partial charge in [0.25, 0.3) is 16.1 Å². The molecular formula is C38H34Cl2N8O3S. The van der Waals surface area contributed by atoms with Crippen LogP contribution in [-0.4, -0.2) is 70.4 Å². The molecule has 52 heavy (non-hydrogen) atoms. The van der Waals surface area contributed by atoms with E-state index in [0.717, 1.165) is 51.0 Å². The fourth-order valence-corrected chi connectivity index (χ4v) is 9.91. The topological polar surface area (TPSA) is 128 Å². The number of pyridine rings is 1. The minimum atomic E-state index is -3.47. The van der Waals surface area contributed by atoms with Crippen molar-refractivity contribution in [2.24, 2.45) is 0 Å². The summed E-state index contributed by atoms with van der Waals surface area (Å²) >= 11 is 13.1. The number of halogens is 2. The number of nitrogens with zero attached hydrogens (tertiary/aromatic N) is 5. The molecule has 6 aromatic rings. The van der Waals surface area contributed by atoms with E-state index in [1.165, 1.54) is 0 Å². The van der Waals surface area contributed by atoms with Crippen LogP contribution in [0.5, 0.6) is 0 Å². The number of anilines is 2. The van der Waals surface area contributed by atoms with E-state index in [1.807, 2.05) is 79.1 Å².